The maximum Gasteiger partial charge on any atom is 0.328 e. The van der Waals surface area contributed by atoms with Gasteiger partial charge in [-0.2, -0.15) is 0 Å². The summed E-state index contributed by atoms with van der Waals surface area (Å²) in [5, 5.41) is 2.76. The van der Waals surface area contributed by atoms with Crippen molar-refractivity contribution in [2.75, 3.05) is 0 Å². The molecule has 0 aliphatic rings. The Kier molecular flexibility index (Phi) is 7.05. The Labute approximate surface area is 132 Å². The van der Waals surface area contributed by atoms with E-state index in [-0.39, 0.29) is 17.9 Å². The summed E-state index contributed by atoms with van der Waals surface area (Å²) in [5.41, 5.74) is 6.99. The summed E-state index contributed by atoms with van der Waals surface area (Å²) in [6.45, 7) is 8.00. The van der Waals surface area contributed by atoms with E-state index >= 15 is 0 Å². The van der Waals surface area contributed by atoms with Crippen LogP contribution in [0.4, 0.5) is 0 Å². The van der Waals surface area contributed by atoms with Gasteiger partial charge in [-0.25, -0.2) is 4.79 Å². The molecule has 5 heteroatoms. The first-order valence-electron chi connectivity index (χ1n) is 7.63. The van der Waals surface area contributed by atoms with Crippen LogP contribution in [0.3, 0.4) is 0 Å². The molecule has 1 rings (SSSR count). The summed E-state index contributed by atoms with van der Waals surface area (Å²) in [6, 6.07) is 6.39. The van der Waals surface area contributed by atoms with Crippen LogP contribution >= 0.6 is 0 Å². The first kappa shape index (κ1) is 18.2. The minimum Gasteiger partial charge on any atom is -0.461 e. The Balaban J connectivity index is 2.78. The molecule has 0 spiro atoms. The van der Waals surface area contributed by atoms with Crippen LogP contribution in [-0.4, -0.2) is 24.0 Å². The minimum atomic E-state index is -0.635. The zero-order valence-electron chi connectivity index (χ0n) is 13.8. The predicted molar refractivity (Wildman–Crippen MR) is 86.3 cm³/mol. The van der Waals surface area contributed by atoms with Gasteiger partial charge in [-0.05, 0) is 43.9 Å². The number of benzene rings is 1. The Bertz CT molecular complexity index is 495. The van der Waals surface area contributed by atoms with Gasteiger partial charge in [0.05, 0.1) is 6.10 Å². The van der Waals surface area contributed by atoms with Crippen LogP contribution in [-0.2, 0) is 16.1 Å². The molecule has 0 heterocycles. The maximum absolute atomic E-state index is 12.3. The summed E-state index contributed by atoms with van der Waals surface area (Å²) >= 11 is 0. The SMILES string of the molecule is CC(C)C[C@H](NC(=O)c1ccc(CN)cc1)C(=O)OC(C)C. The molecule has 5 nitrogen and oxygen atoms in total. The quantitative estimate of drug-likeness (QED) is 0.757. The van der Waals surface area contributed by atoms with Crippen LogP contribution in [0.25, 0.3) is 0 Å². The highest BCUT2D eigenvalue weighted by Gasteiger charge is 2.24. The van der Waals surface area contributed by atoms with Crippen LogP contribution in [0.1, 0.15) is 50.0 Å². The third-order valence-electron chi connectivity index (χ3n) is 3.10. The monoisotopic (exact) mass is 306 g/mol. The zero-order valence-corrected chi connectivity index (χ0v) is 13.8. The predicted octanol–water partition coefficient (Wildman–Crippen LogP) is 2.24. The van der Waals surface area contributed by atoms with Gasteiger partial charge in [-0.15, -0.1) is 0 Å². The largest absolute Gasteiger partial charge is 0.461 e. The van der Waals surface area contributed by atoms with E-state index in [1.54, 1.807) is 38.1 Å². The first-order chi connectivity index (χ1) is 10.3. The van der Waals surface area contributed by atoms with Crippen molar-refractivity contribution in [1.82, 2.24) is 5.32 Å². The maximum atomic E-state index is 12.3. The number of ether oxygens (including phenoxy) is 1. The second-order valence-corrected chi connectivity index (χ2v) is 6.04. The molecule has 0 unspecified atom stereocenters. The molecule has 0 radical (unpaired) electrons. The van der Waals surface area contributed by atoms with Crippen molar-refractivity contribution < 1.29 is 14.3 Å². The first-order valence-corrected chi connectivity index (χ1v) is 7.63. The number of esters is 1. The lowest BCUT2D eigenvalue weighted by Gasteiger charge is -2.20. The average Bonchev–Trinajstić information content (AvgIpc) is 2.45. The lowest BCUT2D eigenvalue weighted by molar-refractivity contribution is -0.150. The number of rotatable bonds is 7. The fourth-order valence-electron chi connectivity index (χ4n) is 2.03. The number of hydrogen-bond donors (Lipinski definition) is 2. The molecule has 1 aromatic rings. The summed E-state index contributed by atoms with van der Waals surface area (Å²) in [6.07, 6.45) is 0.334. The van der Waals surface area contributed by atoms with E-state index in [9.17, 15) is 9.59 Å². The van der Waals surface area contributed by atoms with Crippen LogP contribution < -0.4 is 11.1 Å². The third kappa shape index (κ3) is 5.85. The van der Waals surface area contributed by atoms with Crippen molar-refractivity contribution in [1.29, 1.82) is 0 Å². The molecular weight excluding hydrogens is 280 g/mol. The fraction of sp³-hybridized carbons (Fsp3) is 0.529. The van der Waals surface area contributed by atoms with Crippen LogP contribution in [0.2, 0.25) is 0 Å². The highest BCUT2D eigenvalue weighted by molar-refractivity contribution is 5.96. The number of amides is 1. The van der Waals surface area contributed by atoms with Gasteiger partial charge >= 0.3 is 5.97 Å². The van der Waals surface area contributed by atoms with Crippen LogP contribution in [0.15, 0.2) is 24.3 Å². The second-order valence-electron chi connectivity index (χ2n) is 6.04. The number of carbonyl (C=O) groups excluding carboxylic acids is 2. The minimum absolute atomic E-state index is 0.206. The molecule has 1 aromatic carbocycles. The number of nitrogens with two attached hydrogens (primary N) is 1. The summed E-state index contributed by atoms with van der Waals surface area (Å²) in [4.78, 5) is 24.4. The van der Waals surface area contributed by atoms with Gasteiger partial charge in [-0.1, -0.05) is 26.0 Å². The molecule has 0 saturated carbocycles. The molecule has 1 amide bonds. The van der Waals surface area contributed by atoms with E-state index in [0.717, 1.165) is 5.56 Å². The van der Waals surface area contributed by atoms with E-state index in [0.29, 0.717) is 18.5 Å². The third-order valence-corrected chi connectivity index (χ3v) is 3.10. The molecule has 0 aromatic heterocycles. The molecule has 122 valence electrons. The second kappa shape index (κ2) is 8.54. The van der Waals surface area contributed by atoms with Crippen LogP contribution in [0, 0.1) is 5.92 Å². The molecular formula is C17H26N2O3. The molecule has 0 saturated heterocycles. The van der Waals surface area contributed by atoms with E-state index in [1.807, 2.05) is 13.8 Å². The van der Waals surface area contributed by atoms with Gasteiger partial charge in [0.15, 0.2) is 0 Å². The van der Waals surface area contributed by atoms with Crippen molar-refractivity contribution in [2.24, 2.45) is 11.7 Å². The Morgan fingerprint density at radius 2 is 1.73 bits per heavy atom. The summed E-state index contributed by atoms with van der Waals surface area (Å²) < 4.78 is 5.22. The smallest absolute Gasteiger partial charge is 0.328 e. The average molecular weight is 306 g/mol. The lowest BCUT2D eigenvalue weighted by Crippen LogP contribution is -2.43. The van der Waals surface area contributed by atoms with Gasteiger partial charge in [0.1, 0.15) is 6.04 Å². The topological polar surface area (TPSA) is 81.4 Å². The number of hydrogen-bond acceptors (Lipinski definition) is 4. The van der Waals surface area contributed by atoms with Gasteiger partial charge in [0.25, 0.3) is 5.91 Å². The number of carbonyl (C=O) groups is 2. The van der Waals surface area contributed by atoms with Crippen LogP contribution in [0.5, 0.6) is 0 Å². The van der Waals surface area contributed by atoms with E-state index in [2.05, 4.69) is 5.32 Å². The Hall–Kier alpha value is -1.88. The Morgan fingerprint density at radius 1 is 1.14 bits per heavy atom. The van der Waals surface area contributed by atoms with E-state index in [1.165, 1.54) is 0 Å². The van der Waals surface area contributed by atoms with Gasteiger partial charge in [-0.3, -0.25) is 4.79 Å². The highest BCUT2D eigenvalue weighted by Crippen LogP contribution is 2.10. The van der Waals surface area contributed by atoms with Gasteiger partial charge in [0, 0.05) is 12.1 Å². The van der Waals surface area contributed by atoms with E-state index in [4.69, 9.17) is 10.5 Å². The Morgan fingerprint density at radius 3 is 2.18 bits per heavy atom. The van der Waals surface area contributed by atoms with Crippen molar-refractivity contribution >= 4 is 11.9 Å². The highest BCUT2D eigenvalue weighted by atomic mass is 16.5. The zero-order chi connectivity index (χ0) is 16.7. The normalized spacial score (nSPS) is 12.3. The number of nitrogens with one attached hydrogen (secondary N) is 1. The van der Waals surface area contributed by atoms with Crippen molar-refractivity contribution in [2.45, 2.75) is 52.8 Å². The molecule has 0 bridgehead atoms. The molecule has 1 atom stereocenters. The molecule has 22 heavy (non-hydrogen) atoms. The van der Waals surface area contributed by atoms with Gasteiger partial charge in [0.2, 0.25) is 0 Å². The lowest BCUT2D eigenvalue weighted by atomic mass is 10.0. The summed E-state index contributed by atoms with van der Waals surface area (Å²) in [7, 11) is 0. The van der Waals surface area contributed by atoms with Gasteiger partial charge < -0.3 is 15.8 Å². The molecule has 0 fully saturated rings. The molecule has 3 N–H and O–H groups in total. The van der Waals surface area contributed by atoms with Crippen molar-refractivity contribution in [3.8, 4) is 0 Å². The molecule has 0 aliphatic carbocycles. The fourth-order valence-corrected chi connectivity index (χ4v) is 2.03. The standard InChI is InChI=1S/C17H26N2O3/c1-11(2)9-15(17(21)22-12(3)4)19-16(20)14-7-5-13(10-18)6-8-14/h5-8,11-12,15H,9-10,18H2,1-4H3,(H,19,20)/t15-/m0/s1. The summed E-state index contributed by atoms with van der Waals surface area (Å²) in [5.74, 6) is -0.407. The van der Waals surface area contributed by atoms with E-state index < -0.39 is 12.0 Å². The van der Waals surface area contributed by atoms with Crippen molar-refractivity contribution in [3.63, 3.8) is 0 Å². The molecule has 0 aliphatic heterocycles. The van der Waals surface area contributed by atoms with Crippen molar-refractivity contribution in [3.05, 3.63) is 35.4 Å².